The number of hydrogen-bond donors (Lipinski definition) is 0. The van der Waals surface area contributed by atoms with Gasteiger partial charge in [-0.15, -0.1) is 0 Å². The summed E-state index contributed by atoms with van der Waals surface area (Å²) < 4.78 is 4.77. The number of carbonyl (C=O) groups excluding carboxylic acids is 1. The summed E-state index contributed by atoms with van der Waals surface area (Å²) in [6, 6.07) is 0. The van der Waals surface area contributed by atoms with Crippen molar-refractivity contribution in [2.75, 3.05) is 5.75 Å². The molecular formula is C19H26Cl2O2S. The van der Waals surface area contributed by atoms with Gasteiger partial charge in [-0.2, -0.15) is 0 Å². The van der Waals surface area contributed by atoms with Crippen LogP contribution in [-0.4, -0.2) is 21.3 Å². The van der Waals surface area contributed by atoms with Crippen LogP contribution < -0.4 is 0 Å². The number of hydrogen-bond acceptors (Lipinski definition) is 3. The van der Waals surface area contributed by atoms with Gasteiger partial charge in [0.05, 0.1) is 6.26 Å². The molecule has 24 heavy (non-hydrogen) atoms. The number of halogens is 2. The van der Waals surface area contributed by atoms with Gasteiger partial charge in [0.1, 0.15) is 6.10 Å². The number of allylic oxidation sites excluding steroid dienone is 3. The topological polar surface area (TPSA) is 26.3 Å². The molecule has 134 valence electrons. The second-order valence-electron chi connectivity index (χ2n) is 7.91. The van der Waals surface area contributed by atoms with Gasteiger partial charge in [0.25, 0.3) is 0 Å². The van der Waals surface area contributed by atoms with Crippen molar-refractivity contribution in [2.24, 2.45) is 22.7 Å². The maximum absolute atomic E-state index is 12.8. The summed E-state index contributed by atoms with van der Waals surface area (Å²) in [6.07, 6.45) is 11.8. The highest BCUT2D eigenvalue weighted by Crippen LogP contribution is 2.67. The number of rotatable bonds is 2. The molecule has 0 amide bonds. The molecule has 0 saturated heterocycles. The summed E-state index contributed by atoms with van der Waals surface area (Å²) in [4.78, 5) is 12.8. The fourth-order valence-corrected chi connectivity index (χ4v) is 6.92. The summed E-state index contributed by atoms with van der Waals surface area (Å²) in [5, 5.41) is -0.133. The van der Waals surface area contributed by atoms with E-state index in [-0.39, 0.29) is 28.0 Å². The van der Waals surface area contributed by atoms with E-state index in [1.54, 1.807) is 6.26 Å². The second-order valence-corrected chi connectivity index (χ2v) is 10.2. The molecule has 3 aliphatic rings. The minimum Gasteiger partial charge on any atom is -0.498 e. The molecule has 0 aromatic carbocycles. The molecule has 1 aliphatic heterocycles. The standard InChI is InChI=1S/C19H26Cl2O2S/c1-4-5-6-13-8-10-23-15-11-14-7-9-18(15,17(14,2)3)12-24-16(22)19(13,20)21/h4-5,8,10,13-15H,6-7,9,11-12H2,1-3H3/b5-4+,10-8-/t13-,14-,15-,18-/m1/s1. The van der Waals surface area contributed by atoms with Crippen LogP contribution in [0.15, 0.2) is 24.5 Å². The highest BCUT2D eigenvalue weighted by atomic mass is 35.5. The monoisotopic (exact) mass is 388 g/mol. The molecule has 2 nitrogen and oxygen atoms in total. The van der Waals surface area contributed by atoms with Crippen LogP contribution in [0.25, 0.3) is 0 Å². The molecule has 2 aliphatic carbocycles. The predicted octanol–water partition coefficient (Wildman–Crippen LogP) is 5.74. The Hall–Kier alpha value is -0.120. The zero-order valence-corrected chi connectivity index (χ0v) is 16.9. The number of ether oxygens (including phenoxy) is 1. The predicted molar refractivity (Wildman–Crippen MR) is 102 cm³/mol. The van der Waals surface area contributed by atoms with E-state index in [0.29, 0.717) is 12.3 Å². The van der Waals surface area contributed by atoms with Crippen LogP contribution in [0.4, 0.5) is 0 Å². The van der Waals surface area contributed by atoms with Gasteiger partial charge in [-0.05, 0) is 50.0 Å². The fraction of sp³-hybridized carbons (Fsp3) is 0.737. The van der Waals surface area contributed by atoms with Crippen molar-refractivity contribution in [3.63, 3.8) is 0 Å². The molecule has 0 radical (unpaired) electrons. The molecular weight excluding hydrogens is 363 g/mol. The van der Waals surface area contributed by atoms with Crippen LogP contribution in [-0.2, 0) is 9.53 Å². The SMILES string of the molecule is C/C=C/C[C@@H]1/C=C\O[C@@H]2C[C@H]3CC[C@]2(CSC(=O)C1(Cl)Cl)C3(C)C. The highest BCUT2D eigenvalue weighted by molar-refractivity contribution is 8.14. The van der Waals surface area contributed by atoms with E-state index >= 15 is 0 Å². The van der Waals surface area contributed by atoms with E-state index in [9.17, 15) is 4.79 Å². The van der Waals surface area contributed by atoms with E-state index in [4.69, 9.17) is 27.9 Å². The summed E-state index contributed by atoms with van der Waals surface area (Å²) in [6.45, 7) is 6.61. The third-order valence-electron chi connectivity index (χ3n) is 6.74. The van der Waals surface area contributed by atoms with Crippen molar-refractivity contribution in [1.29, 1.82) is 0 Å². The molecule has 1 heterocycles. The molecule has 2 fully saturated rings. The zero-order chi connectivity index (χ0) is 17.6. The van der Waals surface area contributed by atoms with E-state index in [2.05, 4.69) is 13.8 Å². The molecule has 0 aromatic rings. The lowest BCUT2D eigenvalue weighted by molar-refractivity contribution is -0.112. The Bertz CT molecular complexity index is 570. The van der Waals surface area contributed by atoms with Crippen molar-refractivity contribution in [3.8, 4) is 0 Å². The summed E-state index contributed by atoms with van der Waals surface area (Å²) in [5.74, 6) is 1.13. The van der Waals surface area contributed by atoms with Gasteiger partial charge in [-0.25, -0.2) is 0 Å². The molecule has 2 bridgehead atoms. The second kappa shape index (κ2) is 6.55. The Labute approximate surface area is 159 Å². The average Bonchev–Trinajstić information content (AvgIpc) is 2.90. The van der Waals surface area contributed by atoms with Gasteiger partial charge in [0, 0.05) is 17.1 Å². The number of thioether (sulfide) groups is 1. The van der Waals surface area contributed by atoms with Gasteiger partial charge < -0.3 is 4.74 Å². The van der Waals surface area contributed by atoms with Crippen LogP contribution in [0.1, 0.15) is 46.5 Å². The van der Waals surface area contributed by atoms with E-state index in [1.165, 1.54) is 18.2 Å². The molecule has 0 aromatic heterocycles. The maximum Gasteiger partial charge on any atom is 0.225 e. The molecule has 0 unspecified atom stereocenters. The van der Waals surface area contributed by atoms with E-state index in [0.717, 1.165) is 18.6 Å². The fourth-order valence-electron chi connectivity index (χ4n) is 4.84. The first-order valence-corrected chi connectivity index (χ1v) is 10.5. The van der Waals surface area contributed by atoms with Crippen molar-refractivity contribution >= 4 is 40.1 Å². The minimum absolute atomic E-state index is 0.0301. The molecule has 3 rings (SSSR count). The van der Waals surface area contributed by atoms with Crippen molar-refractivity contribution in [2.45, 2.75) is 56.9 Å². The molecule has 2 saturated carbocycles. The Morgan fingerprint density at radius 3 is 2.83 bits per heavy atom. The van der Waals surface area contributed by atoms with Crippen molar-refractivity contribution in [3.05, 3.63) is 24.5 Å². The smallest absolute Gasteiger partial charge is 0.225 e. The Morgan fingerprint density at radius 1 is 1.42 bits per heavy atom. The van der Waals surface area contributed by atoms with Gasteiger partial charge >= 0.3 is 0 Å². The van der Waals surface area contributed by atoms with Gasteiger partial charge in [-0.3, -0.25) is 4.79 Å². The van der Waals surface area contributed by atoms with Gasteiger partial charge in [-0.1, -0.05) is 61.0 Å². The lowest BCUT2D eigenvalue weighted by Gasteiger charge is -2.42. The van der Waals surface area contributed by atoms with Crippen LogP contribution in [0.2, 0.25) is 0 Å². The van der Waals surface area contributed by atoms with E-state index < -0.39 is 4.33 Å². The van der Waals surface area contributed by atoms with Gasteiger partial charge in [0.15, 0.2) is 4.33 Å². The van der Waals surface area contributed by atoms with Crippen LogP contribution >= 0.6 is 35.0 Å². The molecule has 0 N–H and O–H groups in total. The number of fused-ring (bicyclic) bond motifs is 1. The number of alkyl halides is 2. The third kappa shape index (κ3) is 2.75. The average molecular weight is 389 g/mol. The van der Waals surface area contributed by atoms with Crippen molar-refractivity contribution in [1.82, 2.24) is 0 Å². The minimum atomic E-state index is -1.42. The van der Waals surface area contributed by atoms with Crippen molar-refractivity contribution < 1.29 is 9.53 Å². The maximum atomic E-state index is 12.8. The van der Waals surface area contributed by atoms with Crippen LogP contribution in [0.5, 0.6) is 0 Å². The summed E-state index contributed by atoms with van der Waals surface area (Å²) in [7, 11) is 0. The van der Waals surface area contributed by atoms with Crippen LogP contribution in [0.3, 0.4) is 0 Å². The normalized spacial score (nSPS) is 41.9. The molecule has 1 spiro atoms. The Morgan fingerprint density at radius 2 is 2.17 bits per heavy atom. The zero-order valence-electron chi connectivity index (χ0n) is 14.6. The quantitative estimate of drug-likeness (QED) is 0.445. The first-order valence-electron chi connectivity index (χ1n) is 8.74. The van der Waals surface area contributed by atoms with E-state index in [1.807, 2.05) is 25.2 Å². The lowest BCUT2D eigenvalue weighted by Crippen LogP contribution is -2.43. The first kappa shape index (κ1) is 18.7. The first-order chi connectivity index (χ1) is 11.3. The Balaban J connectivity index is 1.91. The van der Waals surface area contributed by atoms with Crippen LogP contribution in [0, 0.1) is 22.7 Å². The Kier molecular flexibility index (Phi) is 5.10. The largest absolute Gasteiger partial charge is 0.498 e. The lowest BCUT2D eigenvalue weighted by atomic mass is 9.69. The third-order valence-corrected chi connectivity index (χ3v) is 9.11. The highest BCUT2D eigenvalue weighted by Gasteiger charge is 2.65. The molecule has 4 atom stereocenters. The summed E-state index contributed by atoms with van der Waals surface area (Å²) >= 11 is 14.3. The van der Waals surface area contributed by atoms with Gasteiger partial charge in [0.2, 0.25) is 5.12 Å². The molecule has 5 heteroatoms. The number of carbonyl (C=O) groups is 1. The summed E-state index contributed by atoms with van der Waals surface area (Å²) in [5.41, 5.74) is 0.214.